The highest BCUT2D eigenvalue weighted by atomic mass is 35.5. The maximum atomic E-state index is 5.85. The lowest BCUT2D eigenvalue weighted by Crippen LogP contribution is -2.55. The second-order valence-corrected chi connectivity index (χ2v) is 5.18. The molecule has 20 heavy (non-hydrogen) atoms. The topological polar surface area (TPSA) is 54.2 Å². The SMILES string of the molecule is CN(Cc1nc(-c2ccc(Cl)cc2)no1)C1CNC1.Cl. The molecule has 2 heterocycles. The summed E-state index contributed by atoms with van der Waals surface area (Å²) in [5, 5.41) is 7.94. The number of likely N-dealkylation sites (N-methyl/N-ethyl adjacent to an activating group) is 1. The Morgan fingerprint density at radius 2 is 2.05 bits per heavy atom. The van der Waals surface area contributed by atoms with Crippen LogP contribution in [-0.2, 0) is 6.54 Å². The highest BCUT2D eigenvalue weighted by Crippen LogP contribution is 2.19. The summed E-state index contributed by atoms with van der Waals surface area (Å²) in [7, 11) is 2.07. The Bertz CT molecular complexity index is 554. The zero-order valence-corrected chi connectivity index (χ0v) is 12.6. The van der Waals surface area contributed by atoms with Crippen LogP contribution in [0.5, 0.6) is 0 Å². The van der Waals surface area contributed by atoms with Crippen LogP contribution < -0.4 is 5.32 Å². The van der Waals surface area contributed by atoms with E-state index >= 15 is 0 Å². The second-order valence-electron chi connectivity index (χ2n) is 4.75. The standard InChI is InChI=1S/C13H15ClN4O.ClH/c1-18(11-6-15-7-11)8-12-16-13(17-19-12)9-2-4-10(14)5-3-9;/h2-5,11,15H,6-8H2,1H3;1H. The molecule has 0 aliphatic carbocycles. The van der Waals surface area contributed by atoms with Crippen LogP contribution in [0.4, 0.5) is 0 Å². The van der Waals surface area contributed by atoms with Crippen LogP contribution in [0.1, 0.15) is 5.89 Å². The number of nitrogens with zero attached hydrogens (tertiary/aromatic N) is 3. The third-order valence-electron chi connectivity index (χ3n) is 3.34. The summed E-state index contributed by atoms with van der Waals surface area (Å²) in [6.07, 6.45) is 0. The van der Waals surface area contributed by atoms with Crippen LogP contribution in [0, 0.1) is 0 Å². The van der Waals surface area contributed by atoms with Gasteiger partial charge in [0.1, 0.15) is 0 Å². The van der Waals surface area contributed by atoms with Crippen molar-refractivity contribution < 1.29 is 4.52 Å². The van der Waals surface area contributed by atoms with E-state index in [4.69, 9.17) is 16.1 Å². The van der Waals surface area contributed by atoms with Gasteiger partial charge >= 0.3 is 0 Å². The van der Waals surface area contributed by atoms with Crippen molar-refractivity contribution in [2.75, 3.05) is 20.1 Å². The molecule has 1 aromatic carbocycles. The van der Waals surface area contributed by atoms with E-state index in [0.717, 1.165) is 18.7 Å². The first-order chi connectivity index (χ1) is 9.22. The van der Waals surface area contributed by atoms with Gasteiger partial charge in [0.2, 0.25) is 11.7 Å². The average molecular weight is 315 g/mol. The van der Waals surface area contributed by atoms with Crippen molar-refractivity contribution in [1.29, 1.82) is 0 Å². The molecule has 0 atom stereocenters. The van der Waals surface area contributed by atoms with Crippen molar-refractivity contribution in [3.8, 4) is 11.4 Å². The lowest BCUT2D eigenvalue weighted by molar-refractivity contribution is 0.155. The molecule has 1 aliphatic heterocycles. The molecule has 3 rings (SSSR count). The molecule has 0 saturated carbocycles. The Labute approximate surface area is 128 Å². The molecule has 0 radical (unpaired) electrons. The average Bonchev–Trinajstić information content (AvgIpc) is 2.76. The van der Waals surface area contributed by atoms with Crippen LogP contribution in [0.2, 0.25) is 5.02 Å². The third-order valence-corrected chi connectivity index (χ3v) is 3.59. The molecule has 0 spiro atoms. The van der Waals surface area contributed by atoms with Gasteiger partial charge in [-0.05, 0) is 31.3 Å². The van der Waals surface area contributed by atoms with Crippen molar-refractivity contribution in [2.45, 2.75) is 12.6 Å². The van der Waals surface area contributed by atoms with Gasteiger partial charge in [0.15, 0.2) is 0 Å². The Morgan fingerprint density at radius 3 is 2.65 bits per heavy atom. The van der Waals surface area contributed by atoms with E-state index in [1.54, 1.807) is 0 Å². The van der Waals surface area contributed by atoms with Crippen LogP contribution >= 0.6 is 24.0 Å². The minimum Gasteiger partial charge on any atom is -0.338 e. The van der Waals surface area contributed by atoms with Gasteiger partial charge in [0.05, 0.1) is 6.54 Å². The van der Waals surface area contributed by atoms with Gasteiger partial charge in [-0.1, -0.05) is 16.8 Å². The van der Waals surface area contributed by atoms with E-state index in [0.29, 0.717) is 29.3 Å². The fourth-order valence-corrected chi connectivity index (χ4v) is 2.09. The molecule has 1 saturated heterocycles. The van der Waals surface area contributed by atoms with Crippen LogP contribution in [0.3, 0.4) is 0 Å². The zero-order valence-electron chi connectivity index (χ0n) is 11.0. The van der Waals surface area contributed by atoms with Crippen LogP contribution in [-0.4, -0.2) is 41.2 Å². The van der Waals surface area contributed by atoms with Gasteiger partial charge in [0.25, 0.3) is 0 Å². The quantitative estimate of drug-likeness (QED) is 0.937. The largest absolute Gasteiger partial charge is 0.338 e. The van der Waals surface area contributed by atoms with E-state index in [1.807, 2.05) is 24.3 Å². The fourth-order valence-electron chi connectivity index (χ4n) is 1.96. The minimum atomic E-state index is 0. The minimum absolute atomic E-state index is 0. The summed E-state index contributed by atoms with van der Waals surface area (Å²) in [4.78, 5) is 6.63. The van der Waals surface area contributed by atoms with Gasteiger partial charge in [-0.2, -0.15) is 4.98 Å². The summed E-state index contributed by atoms with van der Waals surface area (Å²) in [6, 6.07) is 7.97. The highest BCUT2D eigenvalue weighted by molar-refractivity contribution is 6.30. The molecule has 0 amide bonds. The van der Waals surface area contributed by atoms with Crippen LogP contribution in [0.15, 0.2) is 28.8 Å². The van der Waals surface area contributed by atoms with Gasteiger partial charge in [-0.25, -0.2) is 0 Å². The number of halogens is 2. The molecule has 1 aromatic heterocycles. The maximum absolute atomic E-state index is 5.85. The smallest absolute Gasteiger partial charge is 0.241 e. The molecule has 1 N–H and O–H groups in total. The predicted octanol–water partition coefficient (Wildman–Crippen LogP) is 2.22. The lowest BCUT2D eigenvalue weighted by Gasteiger charge is -2.34. The monoisotopic (exact) mass is 314 g/mol. The van der Waals surface area contributed by atoms with Gasteiger partial charge in [0, 0.05) is 29.7 Å². The normalized spacial score (nSPS) is 14.9. The van der Waals surface area contributed by atoms with Crippen molar-refractivity contribution in [1.82, 2.24) is 20.4 Å². The Hall–Kier alpha value is -1.14. The number of hydrogen-bond acceptors (Lipinski definition) is 5. The summed E-state index contributed by atoms with van der Waals surface area (Å²) < 4.78 is 5.28. The van der Waals surface area contributed by atoms with E-state index < -0.39 is 0 Å². The molecule has 108 valence electrons. The summed E-state index contributed by atoms with van der Waals surface area (Å²) in [5.41, 5.74) is 0.910. The molecule has 1 aliphatic rings. The Morgan fingerprint density at radius 1 is 1.35 bits per heavy atom. The van der Waals surface area contributed by atoms with Gasteiger partial charge in [-0.3, -0.25) is 4.90 Å². The van der Waals surface area contributed by atoms with Gasteiger partial charge in [-0.15, -0.1) is 12.4 Å². The third kappa shape index (κ3) is 3.30. The van der Waals surface area contributed by atoms with Crippen molar-refractivity contribution in [3.63, 3.8) is 0 Å². The van der Waals surface area contributed by atoms with Crippen molar-refractivity contribution in [3.05, 3.63) is 35.2 Å². The number of aromatic nitrogens is 2. The Kier molecular flexibility index (Phi) is 4.99. The first kappa shape index (κ1) is 15.3. The van der Waals surface area contributed by atoms with E-state index in [2.05, 4.69) is 27.4 Å². The molecular weight excluding hydrogens is 299 g/mol. The number of benzene rings is 1. The predicted molar refractivity (Wildman–Crippen MR) is 80.1 cm³/mol. The summed E-state index contributed by atoms with van der Waals surface area (Å²) >= 11 is 5.85. The highest BCUT2D eigenvalue weighted by Gasteiger charge is 2.23. The van der Waals surface area contributed by atoms with Crippen molar-refractivity contribution in [2.24, 2.45) is 0 Å². The molecule has 7 heteroatoms. The molecule has 0 bridgehead atoms. The second kappa shape index (κ2) is 6.54. The molecule has 0 unspecified atom stereocenters. The molecule has 1 fully saturated rings. The number of nitrogens with one attached hydrogen (secondary N) is 1. The first-order valence-corrected chi connectivity index (χ1v) is 6.59. The van der Waals surface area contributed by atoms with Crippen LogP contribution in [0.25, 0.3) is 11.4 Å². The first-order valence-electron chi connectivity index (χ1n) is 6.22. The van der Waals surface area contributed by atoms with E-state index in [9.17, 15) is 0 Å². The lowest BCUT2D eigenvalue weighted by atomic mass is 10.1. The molecular formula is C13H16Cl2N4O. The Balaban J connectivity index is 0.00000147. The maximum Gasteiger partial charge on any atom is 0.241 e. The molecule has 2 aromatic rings. The van der Waals surface area contributed by atoms with Gasteiger partial charge < -0.3 is 9.84 Å². The zero-order chi connectivity index (χ0) is 13.2. The number of hydrogen-bond donors (Lipinski definition) is 1. The summed E-state index contributed by atoms with van der Waals surface area (Å²) in [5.74, 6) is 1.24. The number of rotatable bonds is 4. The fraction of sp³-hybridized carbons (Fsp3) is 0.385. The summed E-state index contributed by atoms with van der Waals surface area (Å²) in [6.45, 7) is 2.72. The van der Waals surface area contributed by atoms with E-state index in [1.165, 1.54) is 0 Å². The van der Waals surface area contributed by atoms with E-state index in [-0.39, 0.29) is 12.4 Å². The molecule has 5 nitrogen and oxygen atoms in total. The van der Waals surface area contributed by atoms with Crippen molar-refractivity contribution >= 4 is 24.0 Å².